The minimum Gasteiger partial charge on any atom is -0.383 e. The summed E-state index contributed by atoms with van der Waals surface area (Å²) < 4.78 is 2.99. The fourth-order valence-corrected chi connectivity index (χ4v) is 4.81. The highest BCUT2D eigenvalue weighted by Crippen LogP contribution is 2.31. The highest BCUT2D eigenvalue weighted by atomic mass is 127. The molecule has 0 saturated carbocycles. The van der Waals surface area contributed by atoms with Gasteiger partial charge in [-0.05, 0) is 68.4 Å². The molecule has 0 radical (unpaired) electrons. The smallest absolute Gasteiger partial charge is 0.164 e. The van der Waals surface area contributed by atoms with E-state index in [4.69, 9.17) is 10.8 Å². The molecular formula is C16H24IN7. The maximum atomic E-state index is 6.01. The maximum Gasteiger partial charge on any atom is 0.164 e. The first-order chi connectivity index (χ1) is 11.6. The normalized spacial score (nSPS) is 22.4. The Morgan fingerprint density at radius 3 is 2.42 bits per heavy atom. The minimum absolute atomic E-state index is 0.410. The van der Waals surface area contributed by atoms with Crippen molar-refractivity contribution >= 4 is 39.4 Å². The van der Waals surface area contributed by atoms with E-state index in [0.29, 0.717) is 11.9 Å². The lowest BCUT2D eigenvalue weighted by Gasteiger charge is -2.41. The average Bonchev–Trinajstić information content (AvgIpc) is 2.94. The summed E-state index contributed by atoms with van der Waals surface area (Å²) in [5, 5.41) is 5.62. The molecule has 4 rings (SSSR count). The van der Waals surface area contributed by atoms with Crippen molar-refractivity contribution in [2.24, 2.45) is 0 Å². The van der Waals surface area contributed by atoms with Crippen molar-refractivity contribution in [3.05, 3.63) is 10.0 Å². The minimum atomic E-state index is 0.410. The molecule has 0 spiro atoms. The molecule has 0 aromatic carbocycles. The third-order valence-corrected chi connectivity index (χ3v) is 6.28. The summed E-state index contributed by atoms with van der Waals surface area (Å²) in [5.74, 6) is 0.527. The van der Waals surface area contributed by atoms with Crippen molar-refractivity contribution in [1.29, 1.82) is 0 Å². The number of halogens is 1. The van der Waals surface area contributed by atoms with Crippen LogP contribution in [0.1, 0.15) is 31.7 Å². The van der Waals surface area contributed by atoms with Gasteiger partial charge in [0.05, 0.1) is 11.4 Å². The molecule has 2 aromatic rings. The molecule has 2 aromatic heterocycles. The highest BCUT2D eigenvalue weighted by Gasteiger charge is 2.29. The van der Waals surface area contributed by atoms with Crippen LogP contribution in [0.2, 0.25) is 0 Å². The average molecular weight is 441 g/mol. The number of aromatic nitrogens is 4. The molecular weight excluding hydrogens is 417 g/mol. The Labute approximate surface area is 155 Å². The predicted octanol–water partition coefficient (Wildman–Crippen LogP) is 1.74. The van der Waals surface area contributed by atoms with Gasteiger partial charge < -0.3 is 15.5 Å². The van der Waals surface area contributed by atoms with E-state index in [1.165, 1.54) is 25.9 Å². The standard InChI is InChI=1S/C16H24IN7/c1-22-6-2-11(3-7-22)23-8-4-12(5-9-23)24-16-13(14(17)21-24)15(18)19-10-20-16/h10-12H,2-9H2,1H3,(H2,18,19,20). The van der Waals surface area contributed by atoms with Gasteiger partial charge in [-0.25, -0.2) is 14.6 Å². The lowest BCUT2D eigenvalue weighted by Crippen LogP contribution is -2.47. The number of nitrogens with zero attached hydrogens (tertiary/aromatic N) is 6. The van der Waals surface area contributed by atoms with E-state index in [0.717, 1.165) is 46.7 Å². The van der Waals surface area contributed by atoms with Gasteiger partial charge in [-0.15, -0.1) is 0 Å². The fourth-order valence-electron chi connectivity index (χ4n) is 4.06. The van der Waals surface area contributed by atoms with Gasteiger partial charge in [0.2, 0.25) is 0 Å². The topological polar surface area (TPSA) is 76.1 Å². The molecule has 2 saturated heterocycles. The number of hydrogen-bond donors (Lipinski definition) is 1. The second-order valence-electron chi connectivity index (χ2n) is 6.99. The molecule has 7 nitrogen and oxygen atoms in total. The Balaban J connectivity index is 1.47. The first kappa shape index (κ1) is 16.5. The van der Waals surface area contributed by atoms with E-state index in [9.17, 15) is 0 Å². The predicted molar refractivity (Wildman–Crippen MR) is 103 cm³/mol. The molecule has 2 aliphatic rings. The Morgan fingerprint density at radius 1 is 1.04 bits per heavy atom. The zero-order valence-electron chi connectivity index (χ0n) is 14.0. The summed E-state index contributed by atoms with van der Waals surface area (Å²) in [6.45, 7) is 4.75. The molecule has 0 bridgehead atoms. The molecule has 0 aliphatic carbocycles. The van der Waals surface area contributed by atoms with E-state index >= 15 is 0 Å². The second kappa shape index (κ2) is 6.72. The van der Waals surface area contributed by atoms with E-state index < -0.39 is 0 Å². The van der Waals surface area contributed by atoms with Gasteiger partial charge in [0, 0.05) is 19.1 Å². The van der Waals surface area contributed by atoms with Crippen LogP contribution < -0.4 is 5.73 Å². The molecule has 0 atom stereocenters. The summed E-state index contributed by atoms with van der Waals surface area (Å²) in [6, 6.07) is 1.17. The lowest BCUT2D eigenvalue weighted by atomic mass is 9.98. The lowest BCUT2D eigenvalue weighted by molar-refractivity contribution is 0.0858. The molecule has 2 fully saturated rings. The second-order valence-corrected chi connectivity index (χ2v) is 8.02. The number of fused-ring (bicyclic) bond motifs is 1. The van der Waals surface area contributed by atoms with Crippen LogP contribution in [0, 0.1) is 3.70 Å². The van der Waals surface area contributed by atoms with Crippen molar-refractivity contribution in [3.8, 4) is 0 Å². The van der Waals surface area contributed by atoms with E-state index in [2.05, 4.69) is 54.1 Å². The SMILES string of the molecule is CN1CCC(N2CCC(n3nc(I)c4c(N)ncnc43)CC2)CC1. The fraction of sp³-hybridized carbons (Fsp3) is 0.688. The molecule has 0 amide bonds. The zero-order valence-corrected chi connectivity index (χ0v) is 16.2. The number of likely N-dealkylation sites (tertiary alicyclic amines) is 2. The summed E-state index contributed by atoms with van der Waals surface area (Å²) in [7, 11) is 2.22. The van der Waals surface area contributed by atoms with Crippen LogP contribution in [0.25, 0.3) is 11.0 Å². The van der Waals surface area contributed by atoms with Crippen LogP contribution in [0.5, 0.6) is 0 Å². The first-order valence-corrected chi connectivity index (χ1v) is 9.78. The number of hydrogen-bond acceptors (Lipinski definition) is 6. The van der Waals surface area contributed by atoms with Crippen LogP contribution in [0.4, 0.5) is 5.82 Å². The van der Waals surface area contributed by atoms with E-state index in [1.54, 1.807) is 6.33 Å². The van der Waals surface area contributed by atoms with Gasteiger partial charge in [-0.1, -0.05) is 0 Å². The number of rotatable bonds is 2. The molecule has 4 heterocycles. The summed E-state index contributed by atoms with van der Waals surface area (Å²) in [6.07, 6.45) is 6.40. The Hall–Kier alpha value is -1.00. The Bertz CT molecular complexity index is 715. The van der Waals surface area contributed by atoms with Gasteiger partial charge in [-0.2, -0.15) is 5.10 Å². The van der Waals surface area contributed by atoms with Crippen LogP contribution >= 0.6 is 22.6 Å². The Kier molecular flexibility index (Phi) is 4.61. The quantitative estimate of drug-likeness (QED) is 0.716. The summed E-state index contributed by atoms with van der Waals surface area (Å²) in [5.41, 5.74) is 6.89. The highest BCUT2D eigenvalue weighted by molar-refractivity contribution is 14.1. The largest absolute Gasteiger partial charge is 0.383 e. The van der Waals surface area contributed by atoms with Crippen molar-refractivity contribution in [1.82, 2.24) is 29.5 Å². The van der Waals surface area contributed by atoms with Gasteiger partial charge >= 0.3 is 0 Å². The third kappa shape index (κ3) is 2.99. The van der Waals surface area contributed by atoms with Gasteiger partial charge in [0.1, 0.15) is 15.8 Å². The number of nitrogens with two attached hydrogens (primary N) is 1. The van der Waals surface area contributed by atoms with Crippen LogP contribution in [0.15, 0.2) is 6.33 Å². The molecule has 0 unspecified atom stereocenters. The monoisotopic (exact) mass is 441 g/mol. The number of anilines is 1. The van der Waals surface area contributed by atoms with Crippen molar-refractivity contribution < 1.29 is 0 Å². The molecule has 8 heteroatoms. The van der Waals surface area contributed by atoms with Crippen LogP contribution in [0.3, 0.4) is 0 Å². The third-order valence-electron chi connectivity index (χ3n) is 5.52. The van der Waals surface area contributed by atoms with Crippen LogP contribution in [-0.4, -0.2) is 68.8 Å². The van der Waals surface area contributed by atoms with Crippen molar-refractivity contribution in [2.75, 3.05) is 39.0 Å². The zero-order chi connectivity index (χ0) is 16.7. The number of piperidine rings is 2. The van der Waals surface area contributed by atoms with Crippen molar-refractivity contribution in [2.45, 2.75) is 37.8 Å². The summed E-state index contributed by atoms with van der Waals surface area (Å²) >= 11 is 2.23. The van der Waals surface area contributed by atoms with Crippen LogP contribution in [-0.2, 0) is 0 Å². The summed E-state index contributed by atoms with van der Waals surface area (Å²) in [4.78, 5) is 13.7. The Morgan fingerprint density at radius 2 is 1.71 bits per heavy atom. The molecule has 130 valence electrons. The molecule has 2 N–H and O–H groups in total. The van der Waals surface area contributed by atoms with Gasteiger partial charge in [-0.3, -0.25) is 0 Å². The van der Waals surface area contributed by atoms with E-state index in [1.807, 2.05) is 0 Å². The van der Waals surface area contributed by atoms with Crippen molar-refractivity contribution in [3.63, 3.8) is 0 Å². The maximum absolute atomic E-state index is 6.01. The van der Waals surface area contributed by atoms with Gasteiger partial charge in [0.25, 0.3) is 0 Å². The molecule has 24 heavy (non-hydrogen) atoms. The van der Waals surface area contributed by atoms with E-state index in [-0.39, 0.29) is 0 Å². The number of nitrogen functional groups attached to an aromatic ring is 1. The molecule has 2 aliphatic heterocycles. The first-order valence-electron chi connectivity index (χ1n) is 8.70. The van der Waals surface area contributed by atoms with Gasteiger partial charge in [0.15, 0.2) is 5.65 Å².